The van der Waals surface area contributed by atoms with E-state index in [1.807, 2.05) is 25.1 Å². The second-order valence-electron chi connectivity index (χ2n) is 2.68. The van der Waals surface area contributed by atoms with Crippen LogP contribution < -0.4 is 0 Å². The van der Waals surface area contributed by atoms with E-state index in [4.69, 9.17) is 4.74 Å². The molecule has 0 N–H and O–H groups in total. The molecule has 0 saturated carbocycles. The first kappa shape index (κ1) is 9.27. The van der Waals surface area contributed by atoms with Gasteiger partial charge in [0.15, 0.2) is 0 Å². The fourth-order valence-corrected chi connectivity index (χ4v) is 1.24. The van der Waals surface area contributed by atoms with E-state index in [9.17, 15) is 0 Å². The van der Waals surface area contributed by atoms with Gasteiger partial charge >= 0.3 is 0 Å². The van der Waals surface area contributed by atoms with Gasteiger partial charge in [0.25, 0.3) is 0 Å². The van der Waals surface area contributed by atoms with Crippen LogP contribution in [0.1, 0.15) is 31.9 Å². The normalized spacial score (nSPS) is 12.8. The molecule has 1 aromatic rings. The molecular formula is C11H15O. The van der Waals surface area contributed by atoms with Gasteiger partial charge in [0.2, 0.25) is 0 Å². The predicted molar refractivity (Wildman–Crippen MR) is 50.5 cm³/mol. The van der Waals surface area contributed by atoms with E-state index < -0.39 is 0 Å². The molecule has 1 unspecified atom stereocenters. The lowest BCUT2D eigenvalue weighted by atomic mass is 10.1. The molecule has 0 spiro atoms. The Morgan fingerprint density at radius 3 is 2.50 bits per heavy atom. The summed E-state index contributed by atoms with van der Waals surface area (Å²) in [5.74, 6) is 0. The highest BCUT2D eigenvalue weighted by Crippen LogP contribution is 2.20. The van der Waals surface area contributed by atoms with Gasteiger partial charge in [-0.2, -0.15) is 0 Å². The van der Waals surface area contributed by atoms with E-state index in [0.717, 1.165) is 6.42 Å². The van der Waals surface area contributed by atoms with Gasteiger partial charge in [0.05, 0.1) is 12.7 Å². The van der Waals surface area contributed by atoms with E-state index in [1.165, 1.54) is 5.56 Å². The third kappa shape index (κ3) is 2.35. The average molecular weight is 163 g/mol. The van der Waals surface area contributed by atoms with E-state index in [1.54, 1.807) is 6.61 Å². The van der Waals surface area contributed by atoms with Gasteiger partial charge in [0, 0.05) is 0 Å². The first-order valence-electron chi connectivity index (χ1n) is 4.36. The Labute approximate surface area is 74.4 Å². The minimum Gasteiger partial charge on any atom is -0.368 e. The maximum absolute atomic E-state index is 5.45. The Morgan fingerprint density at radius 2 is 2.00 bits per heavy atom. The van der Waals surface area contributed by atoms with Crippen molar-refractivity contribution in [1.29, 1.82) is 0 Å². The number of hydrogen-bond donors (Lipinski definition) is 0. The molecule has 0 aliphatic heterocycles. The molecule has 1 aromatic carbocycles. The zero-order valence-corrected chi connectivity index (χ0v) is 7.66. The minimum atomic E-state index is 0.219. The quantitative estimate of drug-likeness (QED) is 0.661. The maximum atomic E-state index is 5.45. The topological polar surface area (TPSA) is 9.23 Å². The molecule has 12 heavy (non-hydrogen) atoms. The third-order valence-corrected chi connectivity index (χ3v) is 1.84. The molecule has 0 amide bonds. The molecule has 65 valence electrons. The van der Waals surface area contributed by atoms with Crippen LogP contribution in [0.25, 0.3) is 0 Å². The van der Waals surface area contributed by atoms with Crippen LogP contribution >= 0.6 is 0 Å². The van der Waals surface area contributed by atoms with Crippen LogP contribution in [0, 0.1) is 6.61 Å². The Hall–Kier alpha value is -0.820. The van der Waals surface area contributed by atoms with Gasteiger partial charge < -0.3 is 4.74 Å². The summed E-state index contributed by atoms with van der Waals surface area (Å²) >= 11 is 0. The van der Waals surface area contributed by atoms with Crippen molar-refractivity contribution in [2.45, 2.75) is 26.4 Å². The highest BCUT2D eigenvalue weighted by molar-refractivity contribution is 5.17. The first-order chi connectivity index (χ1) is 5.88. The fraction of sp³-hybridized carbons (Fsp3) is 0.364. The van der Waals surface area contributed by atoms with Crippen molar-refractivity contribution in [2.75, 3.05) is 0 Å². The Morgan fingerprint density at radius 1 is 1.33 bits per heavy atom. The highest BCUT2D eigenvalue weighted by Gasteiger charge is 2.06. The average Bonchev–Trinajstić information content (AvgIpc) is 2.15. The Bertz CT molecular complexity index is 206. The molecule has 1 radical (unpaired) electrons. The first-order valence-corrected chi connectivity index (χ1v) is 4.36. The zero-order valence-electron chi connectivity index (χ0n) is 7.66. The van der Waals surface area contributed by atoms with Gasteiger partial charge in [-0.25, -0.2) is 0 Å². The summed E-state index contributed by atoms with van der Waals surface area (Å²) < 4.78 is 5.45. The van der Waals surface area contributed by atoms with Crippen molar-refractivity contribution in [1.82, 2.24) is 0 Å². The summed E-state index contributed by atoms with van der Waals surface area (Å²) in [7, 11) is 0. The lowest BCUT2D eigenvalue weighted by molar-refractivity contribution is 0.106. The van der Waals surface area contributed by atoms with Crippen LogP contribution in [0.4, 0.5) is 0 Å². The fourth-order valence-electron chi connectivity index (χ4n) is 1.24. The number of rotatable bonds is 4. The number of ether oxygens (including phenoxy) is 1. The van der Waals surface area contributed by atoms with Crippen molar-refractivity contribution in [2.24, 2.45) is 0 Å². The largest absolute Gasteiger partial charge is 0.368 e. The van der Waals surface area contributed by atoms with E-state index >= 15 is 0 Å². The van der Waals surface area contributed by atoms with E-state index in [2.05, 4.69) is 19.1 Å². The van der Waals surface area contributed by atoms with Crippen LogP contribution in [0.15, 0.2) is 30.3 Å². The molecule has 0 aliphatic carbocycles. The van der Waals surface area contributed by atoms with Crippen LogP contribution in [0.3, 0.4) is 0 Å². The minimum absolute atomic E-state index is 0.219. The maximum Gasteiger partial charge on any atom is 0.0827 e. The monoisotopic (exact) mass is 163 g/mol. The SMILES string of the molecule is C[CH]OC(CC)c1ccccc1. The van der Waals surface area contributed by atoms with Crippen LogP contribution in [0.5, 0.6) is 0 Å². The third-order valence-electron chi connectivity index (χ3n) is 1.84. The molecule has 1 rings (SSSR count). The molecule has 1 nitrogen and oxygen atoms in total. The summed E-state index contributed by atoms with van der Waals surface area (Å²) in [5, 5.41) is 0. The van der Waals surface area contributed by atoms with Gasteiger partial charge in [-0.05, 0) is 18.9 Å². The van der Waals surface area contributed by atoms with Gasteiger partial charge in [-0.15, -0.1) is 0 Å². The Balaban J connectivity index is 2.66. The molecule has 0 fully saturated rings. The van der Waals surface area contributed by atoms with Crippen molar-refractivity contribution < 1.29 is 4.74 Å². The molecule has 0 bridgehead atoms. The highest BCUT2D eigenvalue weighted by atomic mass is 16.5. The predicted octanol–water partition coefficient (Wildman–Crippen LogP) is 3.34. The van der Waals surface area contributed by atoms with Crippen LogP contribution in [-0.4, -0.2) is 0 Å². The second kappa shape index (κ2) is 4.94. The molecule has 0 saturated heterocycles. The molecule has 0 heterocycles. The van der Waals surface area contributed by atoms with Gasteiger partial charge in [-0.1, -0.05) is 37.3 Å². The lowest BCUT2D eigenvalue weighted by Gasteiger charge is -2.14. The van der Waals surface area contributed by atoms with Crippen molar-refractivity contribution in [3.63, 3.8) is 0 Å². The molecule has 1 atom stereocenters. The van der Waals surface area contributed by atoms with Crippen LogP contribution in [0.2, 0.25) is 0 Å². The van der Waals surface area contributed by atoms with Gasteiger partial charge in [0.1, 0.15) is 0 Å². The number of benzene rings is 1. The standard InChI is InChI=1S/C11H15O/c1-3-11(12-4-2)10-8-6-5-7-9-10/h4-9,11H,3H2,1-2H3. The summed E-state index contributed by atoms with van der Waals surface area (Å²) in [6.07, 6.45) is 1.23. The second-order valence-corrected chi connectivity index (χ2v) is 2.68. The number of hydrogen-bond acceptors (Lipinski definition) is 1. The summed E-state index contributed by atoms with van der Waals surface area (Å²) in [5.41, 5.74) is 1.25. The summed E-state index contributed by atoms with van der Waals surface area (Å²) in [4.78, 5) is 0. The smallest absolute Gasteiger partial charge is 0.0827 e. The lowest BCUT2D eigenvalue weighted by Crippen LogP contribution is -1.99. The molecular weight excluding hydrogens is 148 g/mol. The summed E-state index contributed by atoms with van der Waals surface area (Å²) in [6, 6.07) is 10.3. The van der Waals surface area contributed by atoms with Gasteiger partial charge in [-0.3, -0.25) is 0 Å². The van der Waals surface area contributed by atoms with E-state index in [0.29, 0.717) is 0 Å². The van der Waals surface area contributed by atoms with Crippen molar-refractivity contribution in [3.05, 3.63) is 42.5 Å². The van der Waals surface area contributed by atoms with E-state index in [-0.39, 0.29) is 6.10 Å². The summed E-state index contributed by atoms with van der Waals surface area (Å²) in [6.45, 7) is 5.79. The van der Waals surface area contributed by atoms with Crippen molar-refractivity contribution in [3.8, 4) is 0 Å². The molecule has 0 aliphatic rings. The molecule has 1 heteroatoms. The molecule has 0 aromatic heterocycles. The van der Waals surface area contributed by atoms with Crippen molar-refractivity contribution >= 4 is 0 Å². The Kier molecular flexibility index (Phi) is 3.81. The van der Waals surface area contributed by atoms with Crippen LogP contribution in [-0.2, 0) is 4.74 Å². The zero-order chi connectivity index (χ0) is 8.81.